The van der Waals surface area contributed by atoms with Crippen LogP contribution in [0.25, 0.3) is 0 Å². The highest BCUT2D eigenvalue weighted by atomic mass is 16.7. The van der Waals surface area contributed by atoms with Crippen molar-refractivity contribution in [3.63, 3.8) is 0 Å². The lowest BCUT2D eigenvalue weighted by Gasteiger charge is -2.22. The molecule has 0 saturated carbocycles. The lowest BCUT2D eigenvalue weighted by atomic mass is 10.2. The molecule has 0 spiro atoms. The second kappa shape index (κ2) is 193. The molecule has 2 fully saturated rings. The summed E-state index contributed by atoms with van der Waals surface area (Å²) in [5.74, 6) is -4.75. The maximum Gasteiger partial charge on any atom is 0.347 e. The zero-order chi connectivity index (χ0) is 82.7. The number of aliphatic hydroxyl groups is 9. The molecule has 2 saturated heterocycles. The van der Waals surface area contributed by atoms with Gasteiger partial charge in [-0.3, -0.25) is 33.6 Å². The van der Waals surface area contributed by atoms with Gasteiger partial charge in [-0.1, -0.05) is 242 Å². The standard InChI is InChI=1S/C20H34O10.C14H26O6.C12H22O6.C9H18O4.C6H8O4.C6H10O2.C3H8O2.C2H6O2.30CH4/c1-15(21)19(25)29-11-7-3-5-9-17(23)27-13-14-28-18(24)10-6-4-8-12-30-20(26)16(2)22;15-9-5-1-3-7-13(17)19-11-12-20-14(18)8-4-2-6-10-16;1-10(13)12(15)18-7-5-3-4-6-11(14)17-9-8-16-2;1-12-7-8-13-9(11)5-3-2-4-6-10;1-3-5(7)10-4(2)6(8)9-3;7-6-4-2-1-3-5-8-6;1-5-3-2-4;3-1-2-4;;;;;;;;;;;;;;;;;;;;;;;;;;;;;;/h15-16,21-22H,3-14H2,1-2H3;15-16H,1-12H2;10,13H,3-9H2,1-2H3;10H,2-8H2,1H3;3-4H,1-2H3;1-5H2;4H,2-3H2,1H3;3-4H,1-2H2;30*1H4. The first-order valence-corrected chi connectivity index (χ1v) is 36.8. The van der Waals surface area contributed by atoms with Crippen molar-refractivity contribution >= 4 is 71.6 Å². The number of unbranched alkanes of at least 4 members (excludes halogenated alkanes) is 12. The summed E-state index contributed by atoms with van der Waals surface area (Å²) in [6, 6.07) is 0. The molecule has 0 amide bonds. The molecule has 5 unspecified atom stereocenters. The van der Waals surface area contributed by atoms with Gasteiger partial charge >= 0.3 is 71.6 Å². The number of esters is 12. The van der Waals surface area contributed by atoms with Gasteiger partial charge in [-0.15, -0.1) is 0 Å². The lowest BCUT2D eigenvalue weighted by molar-refractivity contribution is -0.191. The van der Waals surface area contributed by atoms with E-state index in [1.807, 2.05) is 0 Å². The lowest BCUT2D eigenvalue weighted by Crippen LogP contribution is -2.40. The van der Waals surface area contributed by atoms with Crippen LogP contribution in [0.3, 0.4) is 0 Å². The van der Waals surface area contributed by atoms with Gasteiger partial charge in [-0.25, -0.2) is 24.0 Å². The second-order valence-electron chi connectivity index (χ2n) is 23.2. The zero-order valence-electron chi connectivity index (χ0n) is 65.2. The van der Waals surface area contributed by atoms with Crippen LogP contribution in [0.15, 0.2) is 0 Å². The van der Waals surface area contributed by atoms with Crippen LogP contribution in [0.5, 0.6) is 0 Å². The van der Waals surface area contributed by atoms with Crippen LogP contribution < -0.4 is 0 Å². The Morgan fingerprint density at radius 3 is 0.638 bits per heavy atom. The molecule has 0 aliphatic carbocycles. The van der Waals surface area contributed by atoms with Crippen LogP contribution >= 0.6 is 0 Å². The predicted molar refractivity (Wildman–Crippen MR) is 585 cm³/mol. The molecule has 138 heavy (non-hydrogen) atoms. The average molecular weight is 2060 g/mol. The third kappa shape index (κ3) is 203. The fraction of sp³-hybridized carbons (Fsp3) is 0.882. The van der Waals surface area contributed by atoms with Gasteiger partial charge in [0.15, 0.2) is 12.2 Å². The van der Waals surface area contributed by atoms with E-state index in [9.17, 15) is 57.5 Å². The van der Waals surface area contributed by atoms with Crippen LogP contribution in [0.4, 0.5) is 0 Å². The highest BCUT2D eigenvalue weighted by Crippen LogP contribution is 2.11. The van der Waals surface area contributed by atoms with Gasteiger partial charge in [-0.2, -0.15) is 0 Å². The third-order valence-corrected chi connectivity index (χ3v) is 13.2. The summed E-state index contributed by atoms with van der Waals surface area (Å²) in [4.78, 5) is 132. The molecule has 0 bridgehead atoms. The average Bonchev–Trinajstić information content (AvgIpc) is 0.893. The van der Waals surface area contributed by atoms with Crippen molar-refractivity contribution in [1.82, 2.24) is 0 Å². The Morgan fingerprint density at radius 2 is 0.464 bits per heavy atom. The molecular formula is C102H252O36. The molecular weight excluding hydrogens is 1800 g/mol. The quantitative estimate of drug-likeness (QED) is 0.0155. The molecule has 0 aromatic heterocycles. The van der Waals surface area contributed by atoms with Crippen LogP contribution in [0.1, 0.15) is 437 Å². The molecule has 2 rings (SSSR count). The van der Waals surface area contributed by atoms with Crippen LogP contribution in [-0.4, -0.2) is 295 Å². The van der Waals surface area contributed by atoms with E-state index < -0.39 is 72.3 Å². The zero-order valence-corrected chi connectivity index (χ0v) is 65.2. The smallest absolute Gasteiger partial charge is 0.347 e. The predicted octanol–water partition coefficient (Wildman–Crippen LogP) is 22.3. The first-order valence-electron chi connectivity index (χ1n) is 36.8. The first kappa shape index (κ1) is 245. The van der Waals surface area contributed by atoms with E-state index in [1.165, 1.54) is 34.6 Å². The van der Waals surface area contributed by atoms with Crippen molar-refractivity contribution < 1.29 is 175 Å². The number of hydrogen-bond donors (Lipinski definition) is 9. The summed E-state index contributed by atoms with van der Waals surface area (Å²) in [6.45, 7) is 10.7. The van der Waals surface area contributed by atoms with Crippen molar-refractivity contribution in [2.45, 2.75) is 468 Å². The highest BCUT2D eigenvalue weighted by molar-refractivity contribution is 5.87. The number of aliphatic hydroxyl groups excluding tert-OH is 9. The minimum absolute atomic E-state index is 0. The van der Waals surface area contributed by atoms with E-state index in [1.54, 1.807) is 21.3 Å². The van der Waals surface area contributed by atoms with E-state index in [2.05, 4.69) is 14.2 Å². The maximum absolute atomic E-state index is 11.5. The number of rotatable bonds is 51. The molecule has 9 N–H and O–H groups in total. The minimum atomic E-state index is -1.14. The molecule has 36 heteroatoms. The van der Waals surface area contributed by atoms with Crippen molar-refractivity contribution in [2.24, 2.45) is 0 Å². The van der Waals surface area contributed by atoms with Crippen molar-refractivity contribution in [3.05, 3.63) is 0 Å². The molecule has 0 radical (unpaired) electrons. The Kier molecular flexibility index (Phi) is 343. The number of hydrogen-bond acceptors (Lipinski definition) is 36. The number of ether oxygens (including phenoxy) is 15. The molecule has 0 aromatic carbocycles. The normalized spacial score (nSPS) is 10.9. The Morgan fingerprint density at radius 1 is 0.261 bits per heavy atom. The fourth-order valence-electron chi connectivity index (χ4n) is 7.27. The van der Waals surface area contributed by atoms with E-state index in [4.69, 9.17) is 103 Å². The summed E-state index contributed by atoms with van der Waals surface area (Å²) in [6.07, 6.45) is 13.5. The van der Waals surface area contributed by atoms with E-state index >= 15 is 0 Å². The van der Waals surface area contributed by atoms with Crippen LogP contribution in [-0.2, 0) is 129 Å². The Hall–Kier alpha value is -6.84. The van der Waals surface area contributed by atoms with Gasteiger partial charge in [-0.05, 0) is 150 Å². The summed E-state index contributed by atoms with van der Waals surface area (Å²) >= 11 is 0. The number of cyclic esters (lactones) is 3. The van der Waals surface area contributed by atoms with Crippen molar-refractivity contribution in [2.75, 3.05) is 147 Å². The van der Waals surface area contributed by atoms with Gasteiger partial charge in [0.05, 0.1) is 66.1 Å². The SMILES string of the molecule is C.C.C.C.C.C.C.C.C.C.C.C.C.C.C.C.C.C.C.C.C.C.C.C.C.C.C.C.C.C.CC(O)C(=O)OCCCCCC(=O)OCCOC(=O)CCCCCOC(=O)C(C)O.CC1OC(=O)C(C)OC1=O.COCCO.COCCOC(=O)CCCCCO.COCCOC(=O)CCCCCOC(=O)C(C)O.O=C(CCCCCO)OCCOC(=O)CCCCCO.O=C1CCCCCO1.OCCO. The van der Waals surface area contributed by atoms with Gasteiger partial charge in [0.2, 0.25) is 0 Å². The molecule has 2 heterocycles. The Labute approximate surface area is 857 Å². The largest absolute Gasteiger partial charge is 0.466 e. The van der Waals surface area contributed by atoms with Gasteiger partial charge in [0, 0.05) is 86.1 Å². The molecule has 2 aliphatic heterocycles. The summed E-state index contributed by atoms with van der Waals surface area (Å²) in [5, 5.41) is 75.6. The van der Waals surface area contributed by atoms with Crippen LogP contribution in [0, 0.1) is 0 Å². The number of carbonyl (C=O) groups is 12. The van der Waals surface area contributed by atoms with E-state index in [0.717, 1.165) is 57.8 Å². The molecule has 876 valence electrons. The Bertz CT molecular complexity index is 2110. The molecule has 36 nitrogen and oxygen atoms in total. The van der Waals surface area contributed by atoms with E-state index in [0.29, 0.717) is 142 Å². The number of methoxy groups -OCH3 is 3. The van der Waals surface area contributed by atoms with Crippen molar-refractivity contribution in [1.29, 1.82) is 0 Å². The van der Waals surface area contributed by atoms with Gasteiger partial charge in [0.1, 0.15) is 58.0 Å². The molecule has 5 atom stereocenters. The molecule has 2 aliphatic rings. The summed E-state index contributed by atoms with van der Waals surface area (Å²) in [7, 11) is 4.66. The highest BCUT2D eigenvalue weighted by Gasteiger charge is 2.32. The summed E-state index contributed by atoms with van der Waals surface area (Å²) in [5.41, 5.74) is 0. The summed E-state index contributed by atoms with van der Waals surface area (Å²) < 4.78 is 71.7. The maximum atomic E-state index is 11.5. The van der Waals surface area contributed by atoms with E-state index in [-0.39, 0.29) is 358 Å². The second-order valence-corrected chi connectivity index (χ2v) is 23.2. The number of carbonyl (C=O) groups excluding carboxylic acids is 12. The van der Waals surface area contributed by atoms with Gasteiger partial charge in [0.25, 0.3) is 0 Å². The topological polar surface area (TPSA) is 525 Å². The van der Waals surface area contributed by atoms with Crippen molar-refractivity contribution in [3.8, 4) is 0 Å². The first-order chi connectivity index (χ1) is 51.7. The molecule has 0 aromatic rings. The fourth-order valence-corrected chi connectivity index (χ4v) is 7.27. The Balaban J connectivity index is -0.0000000258. The van der Waals surface area contributed by atoms with Gasteiger partial charge < -0.3 is 117 Å². The monoisotopic (exact) mass is 2050 g/mol. The third-order valence-electron chi connectivity index (χ3n) is 13.2. The minimum Gasteiger partial charge on any atom is -0.466 e. The van der Waals surface area contributed by atoms with Crippen LogP contribution in [0.2, 0.25) is 0 Å².